The molecule has 0 spiro atoms. The zero-order valence-electron chi connectivity index (χ0n) is 11.7. The molecule has 0 saturated carbocycles. The molecule has 2 aromatic rings. The summed E-state index contributed by atoms with van der Waals surface area (Å²) in [4.78, 5) is 19.5. The van der Waals surface area contributed by atoms with Crippen molar-refractivity contribution in [2.75, 3.05) is 6.54 Å². The number of aromatic nitrogens is 3. The lowest BCUT2D eigenvalue weighted by molar-refractivity contribution is 0.0725. The molecule has 5 nitrogen and oxygen atoms in total. The SMILES string of the molecule is Cc1cnn(C[C@@H]2CCCN2C(=O)c2scnc2C)c1. The molecule has 1 atom stereocenters. The summed E-state index contributed by atoms with van der Waals surface area (Å²) in [6.45, 7) is 5.53. The summed E-state index contributed by atoms with van der Waals surface area (Å²) < 4.78 is 1.94. The highest BCUT2D eigenvalue weighted by Crippen LogP contribution is 2.24. The molecule has 1 aliphatic rings. The molecule has 0 unspecified atom stereocenters. The average molecular weight is 290 g/mol. The molecule has 1 aliphatic heterocycles. The molecule has 3 rings (SSSR count). The van der Waals surface area contributed by atoms with Gasteiger partial charge in [0, 0.05) is 12.7 Å². The Morgan fingerprint density at radius 3 is 3.00 bits per heavy atom. The molecule has 106 valence electrons. The maximum atomic E-state index is 12.6. The fourth-order valence-corrected chi connectivity index (χ4v) is 3.47. The van der Waals surface area contributed by atoms with Crippen LogP contribution in [-0.2, 0) is 6.54 Å². The van der Waals surface area contributed by atoms with Crippen molar-refractivity contribution in [2.24, 2.45) is 0 Å². The van der Waals surface area contributed by atoms with Crippen molar-refractivity contribution in [3.05, 3.63) is 34.0 Å². The molecular formula is C14H18N4OS. The van der Waals surface area contributed by atoms with E-state index in [1.54, 1.807) is 5.51 Å². The molecule has 0 N–H and O–H groups in total. The van der Waals surface area contributed by atoms with Crippen LogP contribution in [0.2, 0.25) is 0 Å². The van der Waals surface area contributed by atoms with Gasteiger partial charge in [0.25, 0.3) is 5.91 Å². The second-order valence-electron chi connectivity index (χ2n) is 5.30. The second-order valence-corrected chi connectivity index (χ2v) is 6.16. The van der Waals surface area contributed by atoms with Crippen LogP contribution < -0.4 is 0 Å². The van der Waals surface area contributed by atoms with Crippen molar-refractivity contribution in [3.8, 4) is 0 Å². The van der Waals surface area contributed by atoms with Gasteiger partial charge >= 0.3 is 0 Å². The summed E-state index contributed by atoms with van der Waals surface area (Å²) in [5.41, 5.74) is 3.73. The number of carbonyl (C=O) groups excluding carboxylic acids is 1. The Morgan fingerprint density at radius 1 is 1.50 bits per heavy atom. The van der Waals surface area contributed by atoms with E-state index < -0.39 is 0 Å². The zero-order valence-corrected chi connectivity index (χ0v) is 12.6. The molecule has 1 saturated heterocycles. The van der Waals surface area contributed by atoms with E-state index in [2.05, 4.69) is 10.1 Å². The Labute approximate surface area is 122 Å². The number of nitrogens with zero attached hydrogens (tertiary/aromatic N) is 4. The van der Waals surface area contributed by atoms with E-state index in [1.165, 1.54) is 11.3 Å². The van der Waals surface area contributed by atoms with E-state index in [4.69, 9.17) is 0 Å². The highest BCUT2D eigenvalue weighted by Gasteiger charge is 2.31. The first-order valence-electron chi connectivity index (χ1n) is 6.85. The van der Waals surface area contributed by atoms with Crippen LogP contribution in [-0.4, -0.2) is 38.2 Å². The summed E-state index contributed by atoms with van der Waals surface area (Å²) >= 11 is 1.43. The summed E-state index contributed by atoms with van der Waals surface area (Å²) in [6.07, 6.45) is 5.99. The number of likely N-dealkylation sites (tertiary alicyclic amines) is 1. The van der Waals surface area contributed by atoms with Gasteiger partial charge in [-0.05, 0) is 32.3 Å². The van der Waals surface area contributed by atoms with Gasteiger partial charge in [0.05, 0.1) is 30.0 Å². The van der Waals surface area contributed by atoms with Crippen LogP contribution in [0.5, 0.6) is 0 Å². The maximum absolute atomic E-state index is 12.6. The molecular weight excluding hydrogens is 272 g/mol. The quantitative estimate of drug-likeness (QED) is 0.871. The minimum absolute atomic E-state index is 0.122. The summed E-state index contributed by atoms with van der Waals surface area (Å²) in [7, 11) is 0. The number of thiazole rings is 1. The van der Waals surface area contributed by atoms with Gasteiger partial charge in [0.1, 0.15) is 4.88 Å². The van der Waals surface area contributed by atoms with E-state index in [0.29, 0.717) is 0 Å². The Kier molecular flexibility index (Phi) is 3.56. The number of amides is 1. The van der Waals surface area contributed by atoms with E-state index in [9.17, 15) is 4.79 Å². The fourth-order valence-electron chi connectivity index (χ4n) is 2.71. The van der Waals surface area contributed by atoms with Crippen LogP contribution in [0.4, 0.5) is 0 Å². The highest BCUT2D eigenvalue weighted by atomic mass is 32.1. The Balaban J connectivity index is 1.75. The predicted octanol–water partition coefficient (Wildman–Crippen LogP) is 2.26. The van der Waals surface area contributed by atoms with E-state index in [-0.39, 0.29) is 11.9 Å². The van der Waals surface area contributed by atoms with Crippen molar-refractivity contribution in [3.63, 3.8) is 0 Å². The van der Waals surface area contributed by atoms with Gasteiger partial charge in [0.15, 0.2) is 0 Å². The first-order chi connectivity index (χ1) is 9.65. The second kappa shape index (κ2) is 5.36. The van der Waals surface area contributed by atoms with E-state index >= 15 is 0 Å². The van der Waals surface area contributed by atoms with Crippen molar-refractivity contribution < 1.29 is 4.79 Å². The van der Waals surface area contributed by atoms with Crippen molar-refractivity contribution >= 4 is 17.2 Å². The van der Waals surface area contributed by atoms with Gasteiger partial charge in [-0.1, -0.05) is 0 Å². The zero-order chi connectivity index (χ0) is 14.1. The number of carbonyl (C=O) groups is 1. The Hall–Kier alpha value is -1.69. The minimum atomic E-state index is 0.122. The fraction of sp³-hybridized carbons (Fsp3) is 0.500. The van der Waals surface area contributed by atoms with Crippen molar-refractivity contribution in [1.29, 1.82) is 0 Å². The number of rotatable bonds is 3. The monoisotopic (exact) mass is 290 g/mol. The molecule has 0 aromatic carbocycles. The summed E-state index contributed by atoms with van der Waals surface area (Å²) in [5.74, 6) is 0.122. The molecule has 6 heteroatoms. The Bertz CT molecular complexity index is 618. The minimum Gasteiger partial charge on any atom is -0.333 e. The largest absolute Gasteiger partial charge is 0.333 e. The van der Waals surface area contributed by atoms with E-state index in [0.717, 1.165) is 42.1 Å². The van der Waals surface area contributed by atoms with Gasteiger partial charge in [0.2, 0.25) is 0 Å². The van der Waals surface area contributed by atoms with Crippen LogP contribution in [0.15, 0.2) is 17.9 Å². The topological polar surface area (TPSA) is 51.0 Å². The van der Waals surface area contributed by atoms with E-state index in [1.807, 2.05) is 35.8 Å². The van der Waals surface area contributed by atoms with Crippen LogP contribution in [0, 0.1) is 13.8 Å². The van der Waals surface area contributed by atoms with Gasteiger partial charge in [-0.15, -0.1) is 11.3 Å². The standard InChI is InChI=1S/C14H18N4OS/c1-10-6-16-17(7-10)8-12-4-3-5-18(12)14(19)13-11(2)15-9-20-13/h6-7,9,12H,3-5,8H2,1-2H3/t12-/m0/s1. The lowest BCUT2D eigenvalue weighted by atomic mass is 10.2. The molecule has 3 heterocycles. The van der Waals surface area contributed by atoms with Gasteiger partial charge < -0.3 is 4.90 Å². The number of hydrogen-bond donors (Lipinski definition) is 0. The number of hydrogen-bond acceptors (Lipinski definition) is 4. The van der Waals surface area contributed by atoms with Crippen LogP contribution in [0.3, 0.4) is 0 Å². The van der Waals surface area contributed by atoms with Crippen molar-refractivity contribution in [1.82, 2.24) is 19.7 Å². The van der Waals surface area contributed by atoms with Gasteiger partial charge in [-0.3, -0.25) is 9.48 Å². The predicted molar refractivity (Wildman–Crippen MR) is 77.9 cm³/mol. The van der Waals surface area contributed by atoms with Crippen molar-refractivity contribution in [2.45, 2.75) is 39.3 Å². The van der Waals surface area contributed by atoms with Crippen LogP contribution in [0.1, 0.15) is 33.8 Å². The molecule has 1 fully saturated rings. The summed E-state index contributed by atoms with van der Waals surface area (Å²) in [5, 5.41) is 4.32. The molecule has 0 radical (unpaired) electrons. The maximum Gasteiger partial charge on any atom is 0.266 e. The Morgan fingerprint density at radius 2 is 2.35 bits per heavy atom. The van der Waals surface area contributed by atoms with Gasteiger partial charge in [-0.25, -0.2) is 4.98 Å². The third kappa shape index (κ3) is 2.47. The molecule has 0 aliphatic carbocycles. The molecule has 20 heavy (non-hydrogen) atoms. The average Bonchev–Trinajstić information content (AvgIpc) is 3.11. The molecule has 1 amide bonds. The lowest BCUT2D eigenvalue weighted by Gasteiger charge is -2.24. The first-order valence-corrected chi connectivity index (χ1v) is 7.73. The van der Waals surface area contributed by atoms with Crippen LogP contribution in [0.25, 0.3) is 0 Å². The molecule has 0 bridgehead atoms. The third-order valence-electron chi connectivity index (χ3n) is 3.74. The van der Waals surface area contributed by atoms with Gasteiger partial charge in [-0.2, -0.15) is 5.10 Å². The van der Waals surface area contributed by atoms with Crippen LogP contribution >= 0.6 is 11.3 Å². The highest BCUT2D eigenvalue weighted by molar-refractivity contribution is 7.11. The normalized spacial score (nSPS) is 18.7. The smallest absolute Gasteiger partial charge is 0.266 e. The first kappa shape index (κ1) is 13.3. The third-order valence-corrected chi connectivity index (χ3v) is 4.65. The lowest BCUT2D eigenvalue weighted by Crippen LogP contribution is -2.38. The molecule has 2 aromatic heterocycles. The summed E-state index contributed by atoms with van der Waals surface area (Å²) in [6, 6.07) is 0.239. The number of aryl methyl sites for hydroxylation is 2.